The third-order valence-corrected chi connectivity index (χ3v) is 2.71. The molecule has 0 spiro atoms. The Morgan fingerprint density at radius 2 is 2.29 bits per heavy atom. The zero-order valence-electron chi connectivity index (χ0n) is 7.67. The lowest BCUT2D eigenvalue weighted by molar-refractivity contribution is 0.559. The van der Waals surface area contributed by atoms with Crippen LogP contribution in [-0.4, -0.2) is 14.1 Å². The van der Waals surface area contributed by atoms with Crippen LogP contribution in [0.15, 0.2) is 35.1 Å². The molecule has 4 nitrogen and oxygen atoms in total. The number of rotatable bonds is 4. The third kappa shape index (κ3) is 2.11. The van der Waals surface area contributed by atoms with Gasteiger partial charge in [0.1, 0.15) is 0 Å². The van der Waals surface area contributed by atoms with Crippen LogP contribution in [0, 0.1) is 0 Å². The predicted octanol–water partition coefficient (Wildman–Crippen LogP) is 1.20. The van der Waals surface area contributed by atoms with E-state index < -0.39 is 0 Å². The SMILES string of the molecule is O=c1sccn1CCCn1ccnc1. The Morgan fingerprint density at radius 1 is 1.36 bits per heavy atom. The Bertz CT molecular complexity index is 429. The summed E-state index contributed by atoms with van der Waals surface area (Å²) in [5.74, 6) is 0. The lowest BCUT2D eigenvalue weighted by Crippen LogP contribution is -2.13. The highest BCUT2D eigenvalue weighted by atomic mass is 32.1. The second kappa shape index (κ2) is 4.23. The highest BCUT2D eigenvalue weighted by Crippen LogP contribution is 1.95. The van der Waals surface area contributed by atoms with Gasteiger partial charge in [0.25, 0.3) is 0 Å². The molecule has 0 aromatic carbocycles. The van der Waals surface area contributed by atoms with Crippen molar-refractivity contribution in [1.82, 2.24) is 14.1 Å². The second-order valence-electron chi connectivity index (χ2n) is 3.02. The first kappa shape index (κ1) is 9.21. The molecule has 14 heavy (non-hydrogen) atoms. The van der Waals surface area contributed by atoms with Gasteiger partial charge in [-0.2, -0.15) is 0 Å². The number of thiazole rings is 1. The monoisotopic (exact) mass is 209 g/mol. The Morgan fingerprint density at radius 3 is 2.93 bits per heavy atom. The zero-order chi connectivity index (χ0) is 9.80. The highest BCUT2D eigenvalue weighted by molar-refractivity contribution is 7.07. The molecule has 0 saturated carbocycles. The fourth-order valence-electron chi connectivity index (χ4n) is 1.30. The summed E-state index contributed by atoms with van der Waals surface area (Å²) in [7, 11) is 0. The molecule has 0 saturated heterocycles. The maximum absolute atomic E-state index is 11.2. The molecular weight excluding hydrogens is 198 g/mol. The summed E-state index contributed by atoms with van der Waals surface area (Å²) in [6, 6.07) is 0. The van der Waals surface area contributed by atoms with Crippen molar-refractivity contribution in [2.75, 3.05) is 0 Å². The van der Waals surface area contributed by atoms with Gasteiger partial charge in [-0.15, -0.1) is 0 Å². The number of aryl methyl sites for hydroxylation is 2. The van der Waals surface area contributed by atoms with Gasteiger partial charge in [-0.25, -0.2) is 4.98 Å². The number of nitrogens with zero attached hydrogens (tertiary/aromatic N) is 3. The van der Waals surface area contributed by atoms with Gasteiger partial charge in [-0.3, -0.25) is 4.79 Å². The minimum absolute atomic E-state index is 0.121. The van der Waals surface area contributed by atoms with Crippen LogP contribution in [0.4, 0.5) is 0 Å². The molecule has 0 fully saturated rings. The molecule has 5 heteroatoms. The summed E-state index contributed by atoms with van der Waals surface area (Å²) in [6.45, 7) is 1.68. The molecule has 0 aliphatic carbocycles. The van der Waals surface area contributed by atoms with E-state index in [9.17, 15) is 4.79 Å². The fraction of sp³-hybridized carbons (Fsp3) is 0.333. The van der Waals surface area contributed by atoms with Crippen LogP contribution >= 0.6 is 11.3 Å². The van der Waals surface area contributed by atoms with E-state index in [1.807, 2.05) is 22.3 Å². The minimum atomic E-state index is 0.121. The Balaban J connectivity index is 1.84. The van der Waals surface area contributed by atoms with Gasteiger partial charge in [0.2, 0.25) is 0 Å². The van der Waals surface area contributed by atoms with Crippen LogP contribution in [0.5, 0.6) is 0 Å². The van der Waals surface area contributed by atoms with Crippen molar-refractivity contribution in [1.29, 1.82) is 0 Å². The Hall–Kier alpha value is -1.36. The van der Waals surface area contributed by atoms with E-state index in [1.165, 1.54) is 11.3 Å². The number of hydrogen-bond acceptors (Lipinski definition) is 3. The molecule has 2 heterocycles. The molecule has 0 N–H and O–H groups in total. The van der Waals surface area contributed by atoms with Gasteiger partial charge >= 0.3 is 4.87 Å². The maximum Gasteiger partial charge on any atom is 0.307 e. The van der Waals surface area contributed by atoms with E-state index in [0.717, 1.165) is 19.5 Å². The van der Waals surface area contributed by atoms with E-state index >= 15 is 0 Å². The second-order valence-corrected chi connectivity index (χ2v) is 3.87. The summed E-state index contributed by atoms with van der Waals surface area (Å²) in [4.78, 5) is 15.2. The van der Waals surface area contributed by atoms with E-state index in [-0.39, 0.29) is 4.87 Å². The van der Waals surface area contributed by atoms with E-state index in [1.54, 1.807) is 17.1 Å². The molecule has 0 radical (unpaired) electrons. The predicted molar refractivity (Wildman–Crippen MR) is 55.4 cm³/mol. The molecule has 0 aliphatic rings. The van der Waals surface area contributed by atoms with Crippen LogP contribution in [0.3, 0.4) is 0 Å². The van der Waals surface area contributed by atoms with Gasteiger partial charge < -0.3 is 9.13 Å². The van der Waals surface area contributed by atoms with Crippen molar-refractivity contribution in [2.45, 2.75) is 19.5 Å². The average Bonchev–Trinajstić information content (AvgIpc) is 2.78. The lowest BCUT2D eigenvalue weighted by Gasteiger charge is -2.02. The van der Waals surface area contributed by atoms with Gasteiger partial charge in [-0.1, -0.05) is 11.3 Å². The molecular formula is C9H11N3OS. The Kier molecular flexibility index (Phi) is 2.78. The number of hydrogen-bond donors (Lipinski definition) is 0. The topological polar surface area (TPSA) is 39.8 Å². The first-order valence-electron chi connectivity index (χ1n) is 4.46. The van der Waals surface area contributed by atoms with Gasteiger partial charge in [0.15, 0.2) is 0 Å². The smallest absolute Gasteiger partial charge is 0.307 e. The van der Waals surface area contributed by atoms with Gasteiger partial charge in [-0.05, 0) is 6.42 Å². The molecule has 0 bridgehead atoms. The first-order chi connectivity index (χ1) is 6.86. The molecule has 0 unspecified atom stereocenters. The summed E-state index contributed by atoms with van der Waals surface area (Å²) in [5, 5.41) is 1.82. The van der Waals surface area contributed by atoms with Crippen molar-refractivity contribution in [3.63, 3.8) is 0 Å². The maximum atomic E-state index is 11.2. The average molecular weight is 209 g/mol. The standard InChI is InChI=1S/C9H11N3OS/c13-9-12(6-7-14-9)4-1-3-11-5-2-10-8-11/h2,5-8H,1,3-4H2. The van der Waals surface area contributed by atoms with Crippen molar-refractivity contribution >= 4 is 11.3 Å². The largest absolute Gasteiger partial charge is 0.337 e. The molecule has 0 amide bonds. The van der Waals surface area contributed by atoms with Crippen molar-refractivity contribution in [3.05, 3.63) is 40.0 Å². The van der Waals surface area contributed by atoms with Crippen LogP contribution in [0.2, 0.25) is 0 Å². The zero-order valence-corrected chi connectivity index (χ0v) is 8.48. The number of aromatic nitrogens is 3. The van der Waals surface area contributed by atoms with E-state index in [0.29, 0.717) is 0 Å². The van der Waals surface area contributed by atoms with Crippen LogP contribution in [0.25, 0.3) is 0 Å². The van der Waals surface area contributed by atoms with Crippen LogP contribution < -0.4 is 4.87 Å². The molecule has 74 valence electrons. The number of imidazole rings is 1. The normalized spacial score (nSPS) is 10.6. The third-order valence-electron chi connectivity index (χ3n) is 2.02. The van der Waals surface area contributed by atoms with Gasteiger partial charge in [0.05, 0.1) is 6.33 Å². The summed E-state index contributed by atoms with van der Waals surface area (Å²) >= 11 is 1.24. The molecule has 2 rings (SSSR count). The molecule has 0 aliphatic heterocycles. The molecule has 0 atom stereocenters. The lowest BCUT2D eigenvalue weighted by atomic mass is 10.4. The fourth-order valence-corrected chi connectivity index (χ4v) is 1.91. The quantitative estimate of drug-likeness (QED) is 0.759. The van der Waals surface area contributed by atoms with Crippen LogP contribution in [-0.2, 0) is 13.1 Å². The van der Waals surface area contributed by atoms with Crippen molar-refractivity contribution in [3.8, 4) is 0 Å². The summed E-state index contributed by atoms with van der Waals surface area (Å²) in [5.41, 5.74) is 0. The molecule has 2 aromatic heterocycles. The minimum Gasteiger partial charge on any atom is -0.337 e. The van der Waals surface area contributed by atoms with Gasteiger partial charge in [0, 0.05) is 37.1 Å². The summed E-state index contributed by atoms with van der Waals surface area (Å²) < 4.78 is 3.75. The molecule has 2 aromatic rings. The van der Waals surface area contributed by atoms with E-state index in [4.69, 9.17) is 0 Å². The van der Waals surface area contributed by atoms with E-state index in [2.05, 4.69) is 4.98 Å². The Labute approximate surface area is 85.5 Å². The highest BCUT2D eigenvalue weighted by Gasteiger charge is 1.96. The van der Waals surface area contributed by atoms with Crippen LogP contribution in [0.1, 0.15) is 6.42 Å². The first-order valence-corrected chi connectivity index (χ1v) is 5.34. The van der Waals surface area contributed by atoms with Crippen molar-refractivity contribution in [2.24, 2.45) is 0 Å². The summed E-state index contributed by atoms with van der Waals surface area (Å²) in [6.07, 6.45) is 8.26. The van der Waals surface area contributed by atoms with Crippen molar-refractivity contribution < 1.29 is 0 Å².